The second-order valence-electron chi connectivity index (χ2n) is 5.03. The highest BCUT2D eigenvalue weighted by Gasteiger charge is 2.09. The maximum atomic E-state index is 11.6. The smallest absolute Gasteiger partial charge is 0.251 e. The molecule has 0 fully saturated rings. The van der Waals surface area contributed by atoms with E-state index in [9.17, 15) is 4.79 Å². The summed E-state index contributed by atoms with van der Waals surface area (Å²) < 4.78 is 0.954. The van der Waals surface area contributed by atoms with Gasteiger partial charge in [0.05, 0.1) is 23.1 Å². The van der Waals surface area contributed by atoms with E-state index in [2.05, 4.69) is 31.5 Å². The molecule has 0 saturated carbocycles. The number of rotatable bonds is 3. The van der Waals surface area contributed by atoms with Gasteiger partial charge in [-0.2, -0.15) is 0 Å². The van der Waals surface area contributed by atoms with Gasteiger partial charge in [0.15, 0.2) is 0 Å². The Hall–Kier alpha value is -2.60. The van der Waals surface area contributed by atoms with E-state index >= 15 is 0 Å². The predicted molar refractivity (Wildman–Crippen MR) is 97.0 cm³/mol. The third-order valence-electron chi connectivity index (χ3n) is 3.50. The lowest BCUT2D eigenvalue weighted by Gasteiger charge is -2.13. The number of benzene rings is 2. The second kappa shape index (κ2) is 6.26. The Kier molecular flexibility index (Phi) is 4.16. The lowest BCUT2D eigenvalue weighted by atomic mass is 10.1. The first-order valence-corrected chi connectivity index (χ1v) is 7.80. The van der Waals surface area contributed by atoms with Gasteiger partial charge in [0, 0.05) is 28.2 Å². The predicted octanol–water partition coefficient (Wildman–Crippen LogP) is 3.68. The number of anilines is 3. The summed E-state index contributed by atoms with van der Waals surface area (Å²) in [4.78, 5) is 15.9. The Balaban J connectivity index is 1.99. The largest absolute Gasteiger partial charge is 0.396 e. The lowest BCUT2D eigenvalue weighted by molar-refractivity contribution is 0.0963. The molecule has 0 aliphatic heterocycles. The van der Waals surface area contributed by atoms with Crippen molar-refractivity contribution in [3.63, 3.8) is 0 Å². The quantitative estimate of drug-likeness (QED) is 0.656. The highest BCUT2D eigenvalue weighted by molar-refractivity contribution is 9.10. The van der Waals surface area contributed by atoms with E-state index in [4.69, 9.17) is 5.73 Å². The number of carbonyl (C=O) groups excluding carboxylic acids is 1. The first-order chi connectivity index (χ1) is 11.1. The lowest BCUT2D eigenvalue weighted by Crippen LogP contribution is -2.17. The fourth-order valence-corrected chi connectivity index (χ4v) is 2.67. The number of nitrogen functional groups attached to an aromatic ring is 1. The topological polar surface area (TPSA) is 80.0 Å². The van der Waals surface area contributed by atoms with Gasteiger partial charge in [-0.3, -0.25) is 9.78 Å². The SMILES string of the molecule is CNC(=O)c1ccc(Nc2c(N)cnc3ccc(Br)cc23)cc1. The van der Waals surface area contributed by atoms with Gasteiger partial charge >= 0.3 is 0 Å². The van der Waals surface area contributed by atoms with Gasteiger partial charge in [0.1, 0.15) is 0 Å². The van der Waals surface area contributed by atoms with Gasteiger partial charge in [-0.25, -0.2) is 0 Å². The van der Waals surface area contributed by atoms with Gasteiger partial charge in [-0.1, -0.05) is 15.9 Å². The molecule has 3 rings (SSSR count). The number of aromatic nitrogens is 1. The van der Waals surface area contributed by atoms with E-state index in [-0.39, 0.29) is 5.91 Å². The molecular weight excluding hydrogens is 356 g/mol. The summed E-state index contributed by atoms with van der Waals surface area (Å²) in [6.45, 7) is 0. The molecule has 0 spiro atoms. The van der Waals surface area contributed by atoms with Crippen LogP contribution in [0.15, 0.2) is 53.1 Å². The van der Waals surface area contributed by atoms with Crippen molar-refractivity contribution in [1.82, 2.24) is 10.3 Å². The summed E-state index contributed by atoms with van der Waals surface area (Å²) in [5.41, 5.74) is 9.74. The number of hydrogen-bond acceptors (Lipinski definition) is 4. The van der Waals surface area contributed by atoms with E-state index in [1.165, 1.54) is 0 Å². The zero-order chi connectivity index (χ0) is 16.4. The van der Waals surface area contributed by atoms with E-state index in [0.29, 0.717) is 11.3 Å². The molecule has 2 aromatic carbocycles. The molecule has 0 atom stereocenters. The number of carbonyl (C=O) groups is 1. The Bertz CT molecular complexity index is 872. The Morgan fingerprint density at radius 2 is 1.91 bits per heavy atom. The van der Waals surface area contributed by atoms with Crippen LogP contribution in [0.3, 0.4) is 0 Å². The summed E-state index contributed by atoms with van der Waals surface area (Å²) in [5, 5.41) is 6.83. The van der Waals surface area contributed by atoms with E-state index in [1.54, 1.807) is 25.4 Å². The molecule has 5 nitrogen and oxygen atoms in total. The number of amides is 1. The molecule has 23 heavy (non-hydrogen) atoms. The zero-order valence-corrected chi connectivity index (χ0v) is 14.0. The summed E-state index contributed by atoms with van der Waals surface area (Å²) in [7, 11) is 1.61. The number of halogens is 1. The number of pyridine rings is 1. The number of nitrogens with one attached hydrogen (secondary N) is 2. The normalized spacial score (nSPS) is 10.5. The minimum absolute atomic E-state index is 0.116. The molecule has 0 aliphatic rings. The highest BCUT2D eigenvalue weighted by Crippen LogP contribution is 2.32. The Morgan fingerprint density at radius 1 is 1.17 bits per heavy atom. The van der Waals surface area contributed by atoms with Crippen LogP contribution in [0.25, 0.3) is 10.9 Å². The third-order valence-corrected chi connectivity index (χ3v) is 4.00. The fraction of sp³-hybridized carbons (Fsp3) is 0.0588. The van der Waals surface area contributed by atoms with Crippen molar-refractivity contribution in [3.8, 4) is 0 Å². The van der Waals surface area contributed by atoms with Gasteiger partial charge in [0.2, 0.25) is 0 Å². The molecule has 0 bridgehead atoms. The van der Waals surface area contributed by atoms with E-state index in [1.807, 2.05) is 30.3 Å². The molecule has 0 unspecified atom stereocenters. The maximum Gasteiger partial charge on any atom is 0.251 e. The molecule has 1 aromatic heterocycles. The molecule has 0 saturated heterocycles. The molecular formula is C17H15BrN4O. The molecule has 1 heterocycles. The van der Waals surface area contributed by atoms with Gasteiger partial charge in [-0.15, -0.1) is 0 Å². The summed E-state index contributed by atoms with van der Waals surface area (Å²) in [6.07, 6.45) is 1.64. The fourth-order valence-electron chi connectivity index (χ4n) is 2.31. The van der Waals surface area contributed by atoms with Crippen molar-refractivity contribution < 1.29 is 4.79 Å². The minimum atomic E-state index is -0.116. The average molecular weight is 371 g/mol. The number of nitrogens with zero attached hydrogens (tertiary/aromatic N) is 1. The molecule has 4 N–H and O–H groups in total. The Morgan fingerprint density at radius 3 is 2.61 bits per heavy atom. The highest BCUT2D eigenvalue weighted by atomic mass is 79.9. The maximum absolute atomic E-state index is 11.6. The van der Waals surface area contributed by atoms with E-state index < -0.39 is 0 Å². The standard InChI is InChI=1S/C17H15BrN4O/c1-20-17(23)10-2-5-12(6-3-10)22-16-13-8-11(18)4-7-15(13)21-9-14(16)19/h2-9H,19H2,1H3,(H,20,23)(H,21,22). The van der Waals surface area contributed by atoms with Crippen LogP contribution in [-0.4, -0.2) is 17.9 Å². The summed E-state index contributed by atoms with van der Waals surface area (Å²) in [5.74, 6) is -0.116. The Labute approximate surface area is 142 Å². The molecule has 0 aliphatic carbocycles. The molecule has 3 aromatic rings. The summed E-state index contributed by atoms with van der Waals surface area (Å²) >= 11 is 3.47. The zero-order valence-electron chi connectivity index (χ0n) is 12.4. The number of hydrogen-bond donors (Lipinski definition) is 3. The monoisotopic (exact) mass is 370 g/mol. The van der Waals surface area contributed by atoms with Gasteiger partial charge < -0.3 is 16.4 Å². The van der Waals surface area contributed by atoms with Crippen LogP contribution in [0, 0.1) is 0 Å². The first-order valence-electron chi connectivity index (χ1n) is 7.01. The van der Waals surface area contributed by atoms with Gasteiger partial charge in [-0.05, 0) is 42.5 Å². The van der Waals surface area contributed by atoms with Crippen molar-refractivity contribution in [2.45, 2.75) is 0 Å². The number of nitrogens with two attached hydrogens (primary N) is 1. The average Bonchev–Trinajstić information content (AvgIpc) is 2.57. The van der Waals surface area contributed by atoms with Crippen molar-refractivity contribution in [3.05, 3.63) is 58.7 Å². The van der Waals surface area contributed by atoms with Crippen LogP contribution in [-0.2, 0) is 0 Å². The van der Waals surface area contributed by atoms with Crippen LogP contribution in [0.4, 0.5) is 17.1 Å². The van der Waals surface area contributed by atoms with Crippen molar-refractivity contribution >= 4 is 49.8 Å². The molecule has 0 radical (unpaired) electrons. The minimum Gasteiger partial charge on any atom is -0.396 e. The second-order valence-corrected chi connectivity index (χ2v) is 5.95. The van der Waals surface area contributed by atoms with Crippen LogP contribution in [0.5, 0.6) is 0 Å². The molecule has 1 amide bonds. The van der Waals surface area contributed by atoms with Crippen molar-refractivity contribution in [2.24, 2.45) is 0 Å². The summed E-state index contributed by atoms with van der Waals surface area (Å²) in [6, 6.07) is 13.0. The third kappa shape index (κ3) is 3.12. The molecule has 116 valence electrons. The van der Waals surface area contributed by atoms with E-state index in [0.717, 1.165) is 26.8 Å². The molecule has 6 heteroatoms. The van der Waals surface area contributed by atoms with Crippen LogP contribution in [0.2, 0.25) is 0 Å². The van der Waals surface area contributed by atoms with Crippen LogP contribution in [0.1, 0.15) is 10.4 Å². The van der Waals surface area contributed by atoms with Crippen molar-refractivity contribution in [2.75, 3.05) is 18.1 Å². The van der Waals surface area contributed by atoms with Gasteiger partial charge in [0.25, 0.3) is 5.91 Å². The first kappa shape index (κ1) is 15.3. The number of fused-ring (bicyclic) bond motifs is 1. The van der Waals surface area contributed by atoms with Crippen molar-refractivity contribution in [1.29, 1.82) is 0 Å². The van der Waals surface area contributed by atoms with Crippen LogP contribution < -0.4 is 16.4 Å². The van der Waals surface area contributed by atoms with Crippen LogP contribution >= 0.6 is 15.9 Å².